The maximum Gasteiger partial charge on any atom is 0 e. The Balaban J connectivity index is -0.000000980. The third kappa shape index (κ3) is 18.2. The Hall–Kier alpha value is 2.21. The fourth-order valence-electron chi connectivity index (χ4n) is 1.86. The molecule has 0 aromatic heterocycles. The monoisotopic (exact) mass is 388 g/mol. The summed E-state index contributed by atoms with van der Waals surface area (Å²) in [7, 11) is 0. The smallest absolute Gasteiger partial charge is 0 e. The van der Waals surface area contributed by atoms with Crippen molar-refractivity contribution in [2.24, 2.45) is 17.8 Å². The van der Waals surface area contributed by atoms with Gasteiger partial charge >= 0.3 is 0 Å². The van der Waals surface area contributed by atoms with Gasteiger partial charge in [0, 0.05) is 65.4 Å². The van der Waals surface area contributed by atoms with Gasteiger partial charge in [-0.05, 0) is 5.92 Å². The van der Waals surface area contributed by atoms with Crippen LogP contribution in [0.3, 0.4) is 0 Å². The van der Waals surface area contributed by atoms with Crippen LogP contribution in [0.2, 0.25) is 0 Å². The zero-order valence-corrected chi connectivity index (χ0v) is 17.9. The van der Waals surface area contributed by atoms with Crippen molar-refractivity contribution < 1.29 is 65.4 Å². The van der Waals surface area contributed by atoms with Crippen LogP contribution in [-0.4, -0.2) is 0 Å². The molecule has 0 saturated heterocycles. The first-order valence-electron chi connectivity index (χ1n) is 6.72. The quantitative estimate of drug-likeness (QED) is 0.471. The molecule has 0 aromatic rings. The molecule has 0 heterocycles. The predicted octanol–water partition coefficient (Wildman–Crippen LogP) is 5.29. The SMILES string of the molecule is [CH2-]C(C)CCCC([CH2-])CCCC(C)CC.[Y].[Y]. The Bertz CT molecular complexity index is 135. The van der Waals surface area contributed by atoms with Crippen LogP contribution in [0.25, 0.3) is 0 Å². The van der Waals surface area contributed by atoms with E-state index in [4.69, 9.17) is 0 Å². The largest absolute Gasteiger partial charge is 0.341 e. The summed E-state index contributed by atoms with van der Waals surface area (Å²) in [4.78, 5) is 0. The molecule has 17 heavy (non-hydrogen) atoms. The maximum absolute atomic E-state index is 4.24. The van der Waals surface area contributed by atoms with Crippen molar-refractivity contribution >= 4 is 0 Å². The minimum absolute atomic E-state index is 0. The van der Waals surface area contributed by atoms with E-state index in [-0.39, 0.29) is 65.4 Å². The zero-order chi connectivity index (χ0) is 11.7. The molecule has 0 bridgehead atoms. The van der Waals surface area contributed by atoms with Crippen LogP contribution < -0.4 is 0 Å². The number of hydrogen-bond acceptors (Lipinski definition) is 0. The third-order valence-corrected chi connectivity index (χ3v) is 3.32. The molecule has 0 rings (SSSR count). The first kappa shape index (κ1) is 24.2. The summed E-state index contributed by atoms with van der Waals surface area (Å²) in [6.07, 6.45) is 9.24. The molecule has 0 N–H and O–H groups in total. The van der Waals surface area contributed by atoms with E-state index in [9.17, 15) is 0 Å². The Labute approximate surface area is 161 Å². The molecule has 0 fully saturated rings. The van der Waals surface area contributed by atoms with E-state index in [1.165, 1.54) is 44.9 Å². The molecule has 2 heteroatoms. The van der Waals surface area contributed by atoms with Crippen LogP contribution in [0.15, 0.2) is 0 Å². The molecule has 0 aliphatic rings. The fourth-order valence-corrected chi connectivity index (χ4v) is 1.86. The normalized spacial score (nSPS) is 15.4. The van der Waals surface area contributed by atoms with Crippen LogP contribution in [0, 0.1) is 31.6 Å². The van der Waals surface area contributed by atoms with Gasteiger partial charge in [0.15, 0.2) is 0 Å². The van der Waals surface area contributed by atoms with E-state index in [2.05, 4.69) is 34.6 Å². The Kier molecular flexibility index (Phi) is 23.2. The first-order valence-corrected chi connectivity index (χ1v) is 6.72. The van der Waals surface area contributed by atoms with Crippen LogP contribution in [0.1, 0.15) is 65.7 Å². The average molecular weight is 388 g/mol. The van der Waals surface area contributed by atoms with Gasteiger partial charge in [-0.2, -0.15) is 11.8 Å². The van der Waals surface area contributed by atoms with Crippen molar-refractivity contribution in [3.63, 3.8) is 0 Å². The average Bonchev–Trinajstić information content (AvgIpc) is 2.17. The topological polar surface area (TPSA) is 0 Å². The van der Waals surface area contributed by atoms with Gasteiger partial charge in [0.1, 0.15) is 0 Å². The number of hydrogen-bond donors (Lipinski definition) is 0. The maximum atomic E-state index is 4.24. The van der Waals surface area contributed by atoms with Gasteiger partial charge in [-0.1, -0.05) is 65.7 Å². The van der Waals surface area contributed by atoms with E-state index < -0.39 is 0 Å². The molecule has 0 aliphatic heterocycles. The fraction of sp³-hybridized carbons (Fsp3) is 0.867. The Morgan fingerprint density at radius 1 is 0.824 bits per heavy atom. The molecule has 0 aromatic carbocycles. The van der Waals surface area contributed by atoms with Gasteiger partial charge in [-0.3, -0.25) is 0 Å². The van der Waals surface area contributed by atoms with E-state index in [0.29, 0.717) is 11.8 Å². The summed E-state index contributed by atoms with van der Waals surface area (Å²) in [5, 5.41) is 0. The Morgan fingerprint density at radius 2 is 1.29 bits per heavy atom. The van der Waals surface area contributed by atoms with Crippen molar-refractivity contribution in [2.75, 3.05) is 0 Å². The summed E-state index contributed by atoms with van der Waals surface area (Å²) in [6.45, 7) is 15.1. The van der Waals surface area contributed by atoms with Gasteiger partial charge in [0.25, 0.3) is 0 Å². The van der Waals surface area contributed by atoms with Crippen molar-refractivity contribution in [3.8, 4) is 0 Å². The molecule has 0 spiro atoms. The molecular formula is C15H30Y2-2. The zero-order valence-electron chi connectivity index (χ0n) is 12.3. The molecule has 0 nitrogen and oxygen atoms in total. The van der Waals surface area contributed by atoms with Crippen LogP contribution >= 0.6 is 0 Å². The van der Waals surface area contributed by atoms with E-state index >= 15 is 0 Å². The van der Waals surface area contributed by atoms with Crippen molar-refractivity contribution in [1.29, 1.82) is 0 Å². The van der Waals surface area contributed by atoms with Gasteiger partial charge < -0.3 is 13.8 Å². The standard InChI is InChI=1S/C15H30.2Y/c1-6-14(4)10-8-12-15(5)11-7-9-13(2)3;;/h13-15H,2,5-12H2,1,3-4H3;;/q-2;;. The van der Waals surface area contributed by atoms with E-state index in [1.54, 1.807) is 0 Å². The molecular weight excluding hydrogens is 358 g/mol. The third-order valence-electron chi connectivity index (χ3n) is 3.32. The van der Waals surface area contributed by atoms with Gasteiger partial charge in [-0.25, -0.2) is 0 Å². The first-order chi connectivity index (χ1) is 7.06. The van der Waals surface area contributed by atoms with Crippen molar-refractivity contribution in [2.45, 2.75) is 65.7 Å². The second-order valence-corrected chi connectivity index (χ2v) is 5.35. The molecule has 98 valence electrons. The summed E-state index contributed by atoms with van der Waals surface area (Å²) in [6, 6.07) is 0. The van der Waals surface area contributed by atoms with E-state index in [1.807, 2.05) is 0 Å². The second kappa shape index (κ2) is 16.3. The van der Waals surface area contributed by atoms with Gasteiger partial charge in [-0.15, -0.1) is 0 Å². The van der Waals surface area contributed by atoms with Gasteiger partial charge in [0.2, 0.25) is 0 Å². The van der Waals surface area contributed by atoms with Crippen molar-refractivity contribution in [3.05, 3.63) is 13.8 Å². The molecule has 2 radical (unpaired) electrons. The van der Waals surface area contributed by atoms with Crippen LogP contribution in [0.4, 0.5) is 0 Å². The Morgan fingerprint density at radius 3 is 1.71 bits per heavy atom. The predicted molar refractivity (Wildman–Crippen MR) is 70.5 cm³/mol. The molecule has 3 unspecified atom stereocenters. The summed E-state index contributed by atoms with van der Waals surface area (Å²) in [5.74, 6) is 2.18. The summed E-state index contributed by atoms with van der Waals surface area (Å²) in [5.41, 5.74) is 0. The minimum Gasteiger partial charge on any atom is -0.341 e. The molecule has 0 aliphatic carbocycles. The molecule has 0 saturated carbocycles. The van der Waals surface area contributed by atoms with Gasteiger partial charge in [0.05, 0.1) is 0 Å². The minimum atomic E-state index is 0. The van der Waals surface area contributed by atoms with Crippen molar-refractivity contribution in [1.82, 2.24) is 0 Å². The van der Waals surface area contributed by atoms with Crippen LogP contribution in [0.5, 0.6) is 0 Å². The second-order valence-electron chi connectivity index (χ2n) is 5.35. The number of rotatable bonds is 9. The summed E-state index contributed by atoms with van der Waals surface area (Å²) < 4.78 is 0. The van der Waals surface area contributed by atoms with Crippen LogP contribution in [-0.2, 0) is 65.4 Å². The molecule has 0 amide bonds. The summed E-state index contributed by atoms with van der Waals surface area (Å²) >= 11 is 0. The van der Waals surface area contributed by atoms with E-state index in [0.717, 1.165) is 5.92 Å². The molecule has 3 atom stereocenters.